The molecule has 0 aliphatic rings. The Labute approximate surface area is 84.3 Å². The van der Waals surface area contributed by atoms with Crippen LogP contribution >= 0.6 is 0 Å². The fraction of sp³-hybridized carbons (Fsp3) is 0.364. The average molecular weight is 192 g/mol. The Morgan fingerprint density at radius 2 is 2.00 bits per heavy atom. The molecule has 0 aliphatic carbocycles. The molecule has 1 aromatic carbocycles. The van der Waals surface area contributed by atoms with Crippen molar-refractivity contribution in [1.82, 2.24) is 0 Å². The first-order valence-corrected chi connectivity index (χ1v) is 4.52. The second kappa shape index (κ2) is 3.70. The topological polar surface area (TPSA) is 58.6 Å². The van der Waals surface area contributed by atoms with Crippen molar-refractivity contribution in [2.75, 3.05) is 0 Å². The highest BCUT2D eigenvalue weighted by Crippen LogP contribution is 2.30. The van der Waals surface area contributed by atoms with E-state index in [0.717, 1.165) is 11.1 Å². The smallest absolute Gasteiger partial charge is 0.119 e. The molecule has 0 amide bonds. The van der Waals surface area contributed by atoms with Crippen LogP contribution in [-0.4, -0.2) is 11.3 Å². The van der Waals surface area contributed by atoms with Crippen LogP contribution in [0.3, 0.4) is 0 Å². The highest BCUT2D eigenvalue weighted by Gasteiger charge is 2.17. The number of nitrogens with two attached hydrogens (primary N) is 1. The summed E-state index contributed by atoms with van der Waals surface area (Å²) in [5.41, 5.74) is 1.67. The third kappa shape index (κ3) is 2.25. The maximum absolute atomic E-state index is 9.75. The monoisotopic (exact) mass is 192 g/mol. The van der Waals surface area contributed by atoms with Crippen molar-refractivity contribution in [2.45, 2.75) is 26.2 Å². The predicted octanol–water partition coefficient (Wildman–Crippen LogP) is 1.98. The van der Waals surface area contributed by atoms with Gasteiger partial charge in [0.1, 0.15) is 5.75 Å². The van der Waals surface area contributed by atoms with E-state index < -0.39 is 0 Å². The Morgan fingerprint density at radius 1 is 1.36 bits per heavy atom. The zero-order chi connectivity index (χ0) is 10.8. The largest absolute Gasteiger partial charge is 0.508 e. The van der Waals surface area contributed by atoms with Crippen LogP contribution < -0.4 is 5.84 Å². The van der Waals surface area contributed by atoms with Crippen molar-refractivity contribution in [2.24, 2.45) is 10.9 Å². The highest BCUT2D eigenvalue weighted by molar-refractivity contribution is 5.80. The van der Waals surface area contributed by atoms with Crippen molar-refractivity contribution < 1.29 is 5.11 Å². The summed E-state index contributed by atoms with van der Waals surface area (Å²) in [6, 6.07) is 5.44. The summed E-state index contributed by atoms with van der Waals surface area (Å²) in [5.74, 6) is 5.31. The number of hydrazone groups is 1. The van der Waals surface area contributed by atoms with Crippen molar-refractivity contribution >= 4 is 6.21 Å². The van der Waals surface area contributed by atoms with Gasteiger partial charge in [-0.15, -0.1) is 0 Å². The maximum Gasteiger partial charge on any atom is 0.119 e. The summed E-state index contributed by atoms with van der Waals surface area (Å²) in [5, 5.41) is 13.2. The lowest BCUT2D eigenvalue weighted by Gasteiger charge is -2.20. The molecule has 1 rings (SSSR count). The zero-order valence-electron chi connectivity index (χ0n) is 8.78. The van der Waals surface area contributed by atoms with Crippen molar-refractivity contribution in [3.8, 4) is 5.75 Å². The number of phenolic OH excluding ortho intramolecular Hbond substituents is 1. The van der Waals surface area contributed by atoms with E-state index in [1.165, 1.54) is 6.21 Å². The van der Waals surface area contributed by atoms with E-state index >= 15 is 0 Å². The molecule has 0 radical (unpaired) electrons. The number of phenols is 1. The lowest BCUT2D eigenvalue weighted by Crippen LogP contribution is -2.11. The molecule has 0 fully saturated rings. The summed E-state index contributed by atoms with van der Waals surface area (Å²) >= 11 is 0. The van der Waals surface area contributed by atoms with E-state index in [-0.39, 0.29) is 11.2 Å². The van der Waals surface area contributed by atoms with Crippen LogP contribution in [0.1, 0.15) is 31.9 Å². The fourth-order valence-corrected chi connectivity index (χ4v) is 1.35. The second-order valence-corrected chi connectivity index (χ2v) is 4.30. The van der Waals surface area contributed by atoms with E-state index in [0.29, 0.717) is 0 Å². The van der Waals surface area contributed by atoms with E-state index in [2.05, 4.69) is 25.9 Å². The standard InChI is InChI=1S/C11H16N2O/c1-11(2,3)9-5-4-8(7-13-12)6-10(9)14/h4-7,14H,12H2,1-3H3. The number of rotatable bonds is 1. The Morgan fingerprint density at radius 3 is 2.43 bits per heavy atom. The molecule has 14 heavy (non-hydrogen) atoms. The quantitative estimate of drug-likeness (QED) is 0.406. The number of nitrogens with zero attached hydrogens (tertiary/aromatic N) is 1. The molecule has 0 atom stereocenters. The van der Waals surface area contributed by atoms with Crippen LogP contribution in [0, 0.1) is 0 Å². The molecule has 3 heteroatoms. The predicted molar refractivity (Wildman–Crippen MR) is 58.6 cm³/mol. The fourth-order valence-electron chi connectivity index (χ4n) is 1.35. The minimum Gasteiger partial charge on any atom is -0.508 e. The highest BCUT2D eigenvalue weighted by atomic mass is 16.3. The summed E-state index contributed by atoms with van der Waals surface area (Å²) in [6.07, 6.45) is 1.51. The average Bonchev–Trinajstić information content (AvgIpc) is 2.02. The second-order valence-electron chi connectivity index (χ2n) is 4.30. The zero-order valence-corrected chi connectivity index (χ0v) is 8.78. The maximum atomic E-state index is 9.75. The van der Waals surface area contributed by atoms with Gasteiger partial charge in [0.15, 0.2) is 0 Å². The van der Waals surface area contributed by atoms with E-state index in [1.54, 1.807) is 6.07 Å². The molecule has 0 saturated carbocycles. The van der Waals surface area contributed by atoms with Gasteiger partial charge >= 0.3 is 0 Å². The van der Waals surface area contributed by atoms with E-state index in [9.17, 15) is 5.11 Å². The Hall–Kier alpha value is -1.51. The Kier molecular flexibility index (Phi) is 2.79. The summed E-state index contributed by atoms with van der Waals surface area (Å²) in [6.45, 7) is 6.16. The first kappa shape index (κ1) is 10.6. The molecule has 0 unspecified atom stereocenters. The molecule has 0 heterocycles. The Bertz CT molecular complexity index is 351. The van der Waals surface area contributed by atoms with Gasteiger partial charge in [-0.3, -0.25) is 0 Å². The molecular weight excluding hydrogens is 176 g/mol. The number of aromatic hydroxyl groups is 1. The first-order valence-electron chi connectivity index (χ1n) is 4.52. The lowest BCUT2D eigenvalue weighted by molar-refractivity contribution is 0.446. The molecule has 1 aromatic rings. The molecule has 3 N–H and O–H groups in total. The molecule has 0 saturated heterocycles. The molecular formula is C11H16N2O. The first-order chi connectivity index (χ1) is 6.45. The van der Waals surface area contributed by atoms with Crippen LogP contribution in [0.5, 0.6) is 5.75 Å². The van der Waals surface area contributed by atoms with E-state index in [4.69, 9.17) is 5.84 Å². The Balaban J connectivity index is 3.14. The summed E-state index contributed by atoms with van der Waals surface area (Å²) < 4.78 is 0. The van der Waals surface area contributed by atoms with Gasteiger partial charge in [-0.2, -0.15) is 5.10 Å². The third-order valence-electron chi connectivity index (χ3n) is 2.05. The minimum atomic E-state index is -0.0531. The van der Waals surface area contributed by atoms with Crippen molar-refractivity contribution in [1.29, 1.82) is 0 Å². The SMILES string of the molecule is CC(C)(C)c1ccc(C=NN)cc1O. The van der Waals surface area contributed by atoms with Crippen LogP contribution in [-0.2, 0) is 5.41 Å². The molecule has 0 aromatic heterocycles. The van der Waals surface area contributed by atoms with Crippen LogP contribution in [0.4, 0.5) is 0 Å². The number of hydrogen-bond acceptors (Lipinski definition) is 3. The van der Waals surface area contributed by atoms with Crippen LogP contribution in [0.25, 0.3) is 0 Å². The summed E-state index contributed by atoms with van der Waals surface area (Å²) in [4.78, 5) is 0. The van der Waals surface area contributed by atoms with Gasteiger partial charge in [-0.25, -0.2) is 0 Å². The number of hydrogen-bond donors (Lipinski definition) is 2. The van der Waals surface area contributed by atoms with Gasteiger partial charge in [-0.1, -0.05) is 32.9 Å². The van der Waals surface area contributed by atoms with Crippen LogP contribution in [0.15, 0.2) is 23.3 Å². The minimum absolute atomic E-state index is 0.0531. The van der Waals surface area contributed by atoms with Gasteiger partial charge in [0, 0.05) is 0 Å². The summed E-state index contributed by atoms with van der Waals surface area (Å²) in [7, 11) is 0. The molecule has 0 spiro atoms. The normalized spacial score (nSPS) is 12.2. The lowest BCUT2D eigenvalue weighted by atomic mass is 9.86. The van der Waals surface area contributed by atoms with Gasteiger partial charge in [0.25, 0.3) is 0 Å². The molecule has 3 nitrogen and oxygen atoms in total. The van der Waals surface area contributed by atoms with Crippen molar-refractivity contribution in [3.63, 3.8) is 0 Å². The van der Waals surface area contributed by atoms with Gasteiger partial charge < -0.3 is 10.9 Å². The molecule has 0 aliphatic heterocycles. The third-order valence-corrected chi connectivity index (χ3v) is 2.05. The van der Waals surface area contributed by atoms with E-state index in [1.807, 2.05) is 12.1 Å². The number of benzene rings is 1. The van der Waals surface area contributed by atoms with Crippen LogP contribution in [0.2, 0.25) is 0 Å². The molecule has 0 bridgehead atoms. The van der Waals surface area contributed by atoms with Gasteiger partial charge in [0.05, 0.1) is 6.21 Å². The van der Waals surface area contributed by atoms with Crippen molar-refractivity contribution in [3.05, 3.63) is 29.3 Å². The molecule has 76 valence electrons. The van der Waals surface area contributed by atoms with Gasteiger partial charge in [0.2, 0.25) is 0 Å². The van der Waals surface area contributed by atoms with Gasteiger partial charge in [-0.05, 0) is 22.6 Å².